The zero-order chi connectivity index (χ0) is 8.65. The molecule has 62 valence electrons. The van der Waals surface area contributed by atoms with Crippen LogP contribution in [0.5, 0.6) is 0 Å². The fourth-order valence-corrected chi connectivity index (χ4v) is 1.24. The molecule has 3 N–H and O–H groups in total. The van der Waals surface area contributed by atoms with Gasteiger partial charge in [-0.1, -0.05) is 0 Å². The average molecular weight is 156 g/mol. The number of nitrogens with one attached hydrogen (secondary N) is 1. The summed E-state index contributed by atoms with van der Waals surface area (Å²) in [6.45, 7) is 5.36. The van der Waals surface area contributed by atoms with Crippen LogP contribution < -0.4 is 11.2 Å². The van der Waals surface area contributed by atoms with Crippen LogP contribution in [0, 0.1) is 0 Å². The van der Waals surface area contributed by atoms with Gasteiger partial charge in [0, 0.05) is 0 Å². The summed E-state index contributed by atoms with van der Waals surface area (Å²) in [6, 6.07) is 0. The molecular formula is C7H12N2O2. The molecule has 11 heavy (non-hydrogen) atoms. The molecule has 0 aromatic rings. The van der Waals surface area contributed by atoms with Crippen molar-refractivity contribution < 1.29 is 9.63 Å². The van der Waals surface area contributed by atoms with Crippen LogP contribution in [-0.4, -0.2) is 11.4 Å². The van der Waals surface area contributed by atoms with E-state index >= 15 is 0 Å². The van der Waals surface area contributed by atoms with Gasteiger partial charge in [-0.25, -0.2) is 0 Å². The van der Waals surface area contributed by atoms with Crippen LogP contribution in [0.2, 0.25) is 0 Å². The summed E-state index contributed by atoms with van der Waals surface area (Å²) in [4.78, 5) is 15.7. The van der Waals surface area contributed by atoms with Gasteiger partial charge in [-0.15, -0.1) is 0 Å². The second kappa shape index (κ2) is 2.23. The smallest absolute Gasteiger partial charge is 0.251 e. The van der Waals surface area contributed by atoms with Crippen molar-refractivity contribution in [3.8, 4) is 0 Å². The number of rotatable bonds is 1. The van der Waals surface area contributed by atoms with Crippen molar-refractivity contribution in [2.24, 2.45) is 5.90 Å². The molecule has 1 heterocycles. The fourth-order valence-electron chi connectivity index (χ4n) is 1.24. The summed E-state index contributed by atoms with van der Waals surface area (Å²) in [6.07, 6.45) is 0. The molecule has 1 amide bonds. The van der Waals surface area contributed by atoms with E-state index in [1.54, 1.807) is 6.92 Å². The SMILES string of the molecule is CC1=C(ON)C(C)(C)NC1=O. The van der Waals surface area contributed by atoms with Crippen LogP contribution >= 0.6 is 0 Å². The van der Waals surface area contributed by atoms with Crippen molar-refractivity contribution >= 4 is 5.91 Å². The van der Waals surface area contributed by atoms with E-state index in [-0.39, 0.29) is 5.91 Å². The van der Waals surface area contributed by atoms with E-state index < -0.39 is 5.54 Å². The number of carbonyl (C=O) groups excluding carboxylic acids is 1. The first kappa shape index (κ1) is 8.07. The Labute approximate surface area is 65.4 Å². The van der Waals surface area contributed by atoms with E-state index in [1.807, 2.05) is 13.8 Å². The Morgan fingerprint density at radius 1 is 1.55 bits per heavy atom. The van der Waals surface area contributed by atoms with Crippen LogP contribution in [0.15, 0.2) is 11.3 Å². The lowest BCUT2D eigenvalue weighted by Gasteiger charge is -2.19. The molecule has 0 spiro atoms. The second-order valence-corrected chi connectivity index (χ2v) is 3.15. The topological polar surface area (TPSA) is 64.3 Å². The Bertz CT molecular complexity index is 231. The molecule has 0 unspecified atom stereocenters. The lowest BCUT2D eigenvalue weighted by atomic mass is 10.0. The normalized spacial score (nSPS) is 22.0. The van der Waals surface area contributed by atoms with Crippen molar-refractivity contribution in [3.05, 3.63) is 11.3 Å². The molecule has 0 saturated heterocycles. The Balaban J connectivity index is 3.06. The zero-order valence-electron chi connectivity index (χ0n) is 6.89. The Kier molecular flexibility index (Phi) is 1.64. The quantitative estimate of drug-likeness (QED) is 0.527. The van der Waals surface area contributed by atoms with Crippen molar-refractivity contribution in [2.45, 2.75) is 26.3 Å². The molecule has 0 saturated carbocycles. The summed E-state index contributed by atoms with van der Waals surface area (Å²) in [5.74, 6) is 5.41. The first-order chi connectivity index (χ1) is 4.99. The largest absolute Gasteiger partial charge is 0.413 e. The summed E-state index contributed by atoms with van der Waals surface area (Å²) >= 11 is 0. The lowest BCUT2D eigenvalue weighted by Crippen LogP contribution is -2.39. The van der Waals surface area contributed by atoms with Gasteiger partial charge in [0.15, 0.2) is 5.76 Å². The standard InChI is InChI=1S/C7H12N2O2/c1-4-5(11-8)7(2,3)9-6(4)10/h8H2,1-3H3,(H,9,10). The van der Waals surface area contributed by atoms with Crippen molar-refractivity contribution in [1.82, 2.24) is 5.32 Å². The van der Waals surface area contributed by atoms with Gasteiger partial charge in [0.25, 0.3) is 5.91 Å². The monoisotopic (exact) mass is 156 g/mol. The highest BCUT2D eigenvalue weighted by atomic mass is 16.6. The van der Waals surface area contributed by atoms with Crippen LogP contribution in [0.25, 0.3) is 0 Å². The van der Waals surface area contributed by atoms with E-state index in [4.69, 9.17) is 5.90 Å². The highest BCUT2D eigenvalue weighted by molar-refractivity contribution is 5.97. The number of amides is 1. The Hall–Kier alpha value is -1.03. The van der Waals surface area contributed by atoms with Crippen LogP contribution in [0.4, 0.5) is 0 Å². The fraction of sp³-hybridized carbons (Fsp3) is 0.571. The van der Waals surface area contributed by atoms with Gasteiger partial charge in [0.2, 0.25) is 0 Å². The molecule has 1 rings (SSSR count). The molecule has 0 aromatic heterocycles. The first-order valence-corrected chi connectivity index (χ1v) is 3.39. The van der Waals surface area contributed by atoms with Gasteiger partial charge in [0.05, 0.1) is 11.1 Å². The van der Waals surface area contributed by atoms with Crippen molar-refractivity contribution in [2.75, 3.05) is 0 Å². The minimum atomic E-state index is -0.462. The van der Waals surface area contributed by atoms with Crippen LogP contribution in [-0.2, 0) is 9.63 Å². The van der Waals surface area contributed by atoms with E-state index in [0.717, 1.165) is 0 Å². The van der Waals surface area contributed by atoms with Crippen LogP contribution in [0.3, 0.4) is 0 Å². The maximum Gasteiger partial charge on any atom is 0.251 e. The number of hydrogen-bond donors (Lipinski definition) is 2. The second-order valence-electron chi connectivity index (χ2n) is 3.15. The molecule has 0 radical (unpaired) electrons. The average Bonchev–Trinajstić information content (AvgIpc) is 2.03. The molecule has 1 aliphatic rings. The molecule has 0 atom stereocenters. The maximum absolute atomic E-state index is 11.1. The molecule has 4 heteroatoms. The lowest BCUT2D eigenvalue weighted by molar-refractivity contribution is -0.117. The molecule has 0 aliphatic carbocycles. The molecule has 0 aromatic carbocycles. The van der Waals surface area contributed by atoms with E-state index in [0.29, 0.717) is 11.3 Å². The minimum Gasteiger partial charge on any atom is -0.413 e. The van der Waals surface area contributed by atoms with Gasteiger partial charge in [-0.05, 0) is 20.8 Å². The highest BCUT2D eigenvalue weighted by Crippen LogP contribution is 2.25. The predicted octanol–water partition coefficient (Wildman–Crippen LogP) is 0.0591. The zero-order valence-corrected chi connectivity index (χ0v) is 6.89. The van der Waals surface area contributed by atoms with Crippen LogP contribution in [0.1, 0.15) is 20.8 Å². The van der Waals surface area contributed by atoms with Gasteiger partial charge in [-0.2, -0.15) is 5.90 Å². The van der Waals surface area contributed by atoms with Gasteiger partial charge >= 0.3 is 0 Å². The number of carbonyl (C=O) groups is 1. The molecular weight excluding hydrogens is 144 g/mol. The summed E-state index contributed by atoms with van der Waals surface area (Å²) in [7, 11) is 0. The van der Waals surface area contributed by atoms with E-state index in [1.165, 1.54) is 0 Å². The number of hydrogen-bond acceptors (Lipinski definition) is 3. The molecule has 4 nitrogen and oxygen atoms in total. The number of nitrogens with two attached hydrogens (primary N) is 1. The molecule has 0 fully saturated rings. The van der Waals surface area contributed by atoms with E-state index in [9.17, 15) is 4.79 Å². The van der Waals surface area contributed by atoms with Crippen molar-refractivity contribution in [1.29, 1.82) is 0 Å². The predicted molar refractivity (Wildman–Crippen MR) is 40.2 cm³/mol. The summed E-state index contributed by atoms with van der Waals surface area (Å²) < 4.78 is 0. The van der Waals surface area contributed by atoms with Crippen molar-refractivity contribution in [3.63, 3.8) is 0 Å². The highest BCUT2D eigenvalue weighted by Gasteiger charge is 2.37. The molecule has 1 aliphatic heterocycles. The third-order valence-corrected chi connectivity index (χ3v) is 1.79. The third-order valence-electron chi connectivity index (χ3n) is 1.79. The first-order valence-electron chi connectivity index (χ1n) is 3.39. The Morgan fingerprint density at radius 3 is 2.27 bits per heavy atom. The Morgan fingerprint density at radius 2 is 2.09 bits per heavy atom. The summed E-state index contributed by atoms with van der Waals surface area (Å²) in [5.41, 5.74) is 0.0909. The maximum atomic E-state index is 11.1. The van der Waals surface area contributed by atoms with Gasteiger partial charge < -0.3 is 10.2 Å². The molecule has 0 bridgehead atoms. The minimum absolute atomic E-state index is 0.115. The van der Waals surface area contributed by atoms with Gasteiger partial charge in [0.1, 0.15) is 0 Å². The third kappa shape index (κ3) is 1.09. The summed E-state index contributed by atoms with van der Waals surface area (Å²) in [5, 5.41) is 2.73. The van der Waals surface area contributed by atoms with Gasteiger partial charge in [-0.3, -0.25) is 4.79 Å². The van der Waals surface area contributed by atoms with E-state index in [2.05, 4.69) is 10.2 Å².